The quantitative estimate of drug-likeness (QED) is 0.367. The Bertz CT molecular complexity index is 1420. The molecule has 3 aromatic carbocycles. The molecule has 0 aliphatic heterocycles. The number of amides is 1. The first kappa shape index (κ1) is 23.9. The molecule has 0 radical (unpaired) electrons. The number of para-hydroxylation sites is 3. The second-order valence-electron chi connectivity index (χ2n) is 7.67. The Morgan fingerprint density at radius 2 is 1.60 bits per heavy atom. The fraction of sp³-hybridized carbons (Fsp3) is 0.154. The fourth-order valence-corrected chi connectivity index (χ4v) is 3.76. The van der Waals surface area contributed by atoms with E-state index in [1.165, 1.54) is 22.8 Å². The van der Waals surface area contributed by atoms with Crippen LogP contribution in [0, 0.1) is 0 Å². The summed E-state index contributed by atoms with van der Waals surface area (Å²) in [5.74, 6) is -1.66. The van der Waals surface area contributed by atoms with Crippen molar-refractivity contribution < 1.29 is 27.8 Å². The van der Waals surface area contributed by atoms with Gasteiger partial charge in [0.1, 0.15) is 5.75 Å². The van der Waals surface area contributed by atoms with Gasteiger partial charge in [0.2, 0.25) is 0 Å². The first-order chi connectivity index (χ1) is 16.8. The van der Waals surface area contributed by atoms with Crippen LogP contribution >= 0.6 is 0 Å². The zero-order chi connectivity index (χ0) is 25.0. The number of carbonyl (C=O) groups is 1. The molecular formula is C26H21F3N2O4. The van der Waals surface area contributed by atoms with Gasteiger partial charge in [0.25, 0.3) is 11.5 Å². The second-order valence-corrected chi connectivity index (χ2v) is 7.67. The van der Waals surface area contributed by atoms with E-state index in [-0.39, 0.29) is 30.9 Å². The Hall–Kier alpha value is -4.27. The standard InChI is InChI=1S/C26H21F3N2O4/c27-26(28,29)19-12-5-7-14-21(19)35-16-8-15-30-24(33)22-18-11-4-6-13-20(18)31(25(34)23(22)32)17-9-2-1-3-10-17/h1-7,9-14,32H,8,15-16H2,(H,30,33). The molecule has 0 saturated heterocycles. The zero-order valence-electron chi connectivity index (χ0n) is 18.4. The SMILES string of the molecule is O=C(NCCCOc1ccccc1C(F)(F)F)c1c(O)c(=O)n(-c2ccccc2)c2ccccc12. The number of benzene rings is 3. The van der Waals surface area contributed by atoms with Crippen molar-refractivity contribution in [1.82, 2.24) is 9.88 Å². The maximum atomic E-state index is 13.1. The molecule has 35 heavy (non-hydrogen) atoms. The van der Waals surface area contributed by atoms with Gasteiger partial charge in [-0.25, -0.2) is 0 Å². The molecule has 0 aliphatic carbocycles. The molecule has 0 saturated carbocycles. The highest BCUT2D eigenvalue weighted by Crippen LogP contribution is 2.35. The lowest BCUT2D eigenvalue weighted by Crippen LogP contribution is -2.29. The Balaban J connectivity index is 1.50. The van der Waals surface area contributed by atoms with Gasteiger partial charge in [-0.3, -0.25) is 14.2 Å². The largest absolute Gasteiger partial charge is 0.502 e. The summed E-state index contributed by atoms with van der Waals surface area (Å²) in [4.78, 5) is 25.9. The predicted octanol–water partition coefficient (Wildman–Crippen LogP) is 4.91. The summed E-state index contributed by atoms with van der Waals surface area (Å²) in [5.41, 5.74) is -0.807. The number of nitrogens with one attached hydrogen (secondary N) is 1. The van der Waals surface area contributed by atoms with E-state index in [1.54, 1.807) is 54.6 Å². The summed E-state index contributed by atoms with van der Waals surface area (Å²) in [6.07, 6.45) is -4.33. The third kappa shape index (κ3) is 4.98. The maximum Gasteiger partial charge on any atom is 0.419 e. The number of ether oxygens (including phenoxy) is 1. The smallest absolute Gasteiger partial charge is 0.419 e. The summed E-state index contributed by atoms with van der Waals surface area (Å²) in [6, 6.07) is 20.3. The molecule has 1 amide bonds. The lowest BCUT2D eigenvalue weighted by atomic mass is 10.1. The van der Waals surface area contributed by atoms with Gasteiger partial charge in [-0.15, -0.1) is 0 Å². The fourth-order valence-electron chi connectivity index (χ4n) is 3.76. The predicted molar refractivity (Wildman–Crippen MR) is 125 cm³/mol. The van der Waals surface area contributed by atoms with Gasteiger partial charge in [-0.1, -0.05) is 48.5 Å². The number of halogens is 3. The molecule has 0 fully saturated rings. The number of alkyl halides is 3. The summed E-state index contributed by atoms with van der Waals surface area (Å²) in [5, 5.41) is 13.6. The molecule has 0 bridgehead atoms. The highest BCUT2D eigenvalue weighted by atomic mass is 19.4. The molecule has 4 aromatic rings. The van der Waals surface area contributed by atoms with Crippen LogP contribution in [0.4, 0.5) is 13.2 Å². The van der Waals surface area contributed by atoms with Crippen molar-refractivity contribution >= 4 is 16.8 Å². The van der Waals surface area contributed by atoms with E-state index in [0.29, 0.717) is 16.6 Å². The molecule has 0 atom stereocenters. The van der Waals surface area contributed by atoms with E-state index in [0.717, 1.165) is 6.07 Å². The molecule has 2 N–H and O–H groups in total. The van der Waals surface area contributed by atoms with Crippen molar-refractivity contribution in [2.24, 2.45) is 0 Å². The molecule has 0 spiro atoms. The Kier molecular flexibility index (Phi) is 6.77. The van der Waals surface area contributed by atoms with Crippen LogP contribution in [0.1, 0.15) is 22.3 Å². The number of aromatic nitrogens is 1. The number of aromatic hydroxyl groups is 1. The highest BCUT2D eigenvalue weighted by Gasteiger charge is 2.34. The van der Waals surface area contributed by atoms with Crippen LogP contribution in [0.2, 0.25) is 0 Å². The van der Waals surface area contributed by atoms with Crippen molar-refractivity contribution in [2.45, 2.75) is 12.6 Å². The molecule has 180 valence electrons. The van der Waals surface area contributed by atoms with Crippen LogP contribution in [0.25, 0.3) is 16.6 Å². The van der Waals surface area contributed by atoms with Crippen molar-refractivity contribution in [3.8, 4) is 17.2 Å². The number of hydrogen-bond donors (Lipinski definition) is 2. The van der Waals surface area contributed by atoms with Crippen LogP contribution in [0.15, 0.2) is 83.7 Å². The lowest BCUT2D eigenvalue weighted by molar-refractivity contribution is -0.138. The Labute approximate surface area is 198 Å². The number of pyridine rings is 1. The number of hydrogen-bond acceptors (Lipinski definition) is 4. The van der Waals surface area contributed by atoms with Crippen LogP contribution in [-0.4, -0.2) is 28.7 Å². The minimum absolute atomic E-state index is 0.0581. The third-order valence-electron chi connectivity index (χ3n) is 5.35. The number of fused-ring (bicyclic) bond motifs is 1. The maximum absolute atomic E-state index is 13.1. The average Bonchev–Trinajstić information content (AvgIpc) is 2.85. The van der Waals surface area contributed by atoms with E-state index >= 15 is 0 Å². The highest BCUT2D eigenvalue weighted by molar-refractivity contribution is 6.08. The topological polar surface area (TPSA) is 80.6 Å². The van der Waals surface area contributed by atoms with Crippen LogP contribution in [0.5, 0.6) is 11.5 Å². The zero-order valence-corrected chi connectivity index (χ0v) is 18.4. The van der Waals surface area contributed by atoms with Gasteiger partial charge >= 0.3 is 6.18 Å². The lowest BCUT2D eigenvalue weighted by Gasteiger charge is -2.16. The van der Waals surface area contributed by atoms with Crippen LogP contribution in [0.3, 0.4) is 0 Å². The van der Waals surface area contributed by atoms with Crippen LogP contribution < -0.4 is 15.6 Å². The molecule has 1 aromatic heterocycles. The van der Waals surface area contributed by atoms with E-state index < -0.39 is 29.0 Å². The van der Waals surface area contributed by atoms with E-state index in [1.807, 2.05) is 0 Å². The van der Waals surface area contributed by atoms with Gasteiger partial charge in [0, 0.05) is 17.6 Å². The molecular weight excluding hydrogens is 461 g/mol. The monoisotopic (exact) mass is 482 g/mol. The molecule has 4 rings (SSSR count). The van der Waals surface area contributed by atoms with Gasteiger partial charge in [0.05, 0.1) is 23.3 Å². The van der Waals surface area contributed by atoms with E-state index in [2.05, 4.69) is 5.32 Å². The summed E-state index contributed by atoms with van der Waals surface area (Å²) in [6.45, 7) is -0.0156. The van der Waals surface area contributed by atoms with Gasteiger partial charge in [0.15, 0.2) is 5.75 Å². The molecule has 6 nitrogen and oxygen atoms in total. The average molecular weight is 482 g/mol. The van der Waals surface area contributed by atoms with Crippen LogP contribution in [-0.2, 0) is 6.18 Å². The van der Waals surface area contributed by atoms with Crippen molar-refractivity contribution in [3.63, 3.8) is 0 Å². The van der Waals surface area contributed by atoms with Gasteiger partial charge in [-0.2, -0.15) is 13.2 Å². The summed E-state index contributed by atoms with van der Waals surface area (Å²) in [7, 11) is 0. The molecule has 1 heterocycles. The first-order valence-corrected chi connectivity index (χ1v) is 10.8. The second kappa shape index (κ2) is 9.92. The Morgan fingerprint density at radius 3 is 2.34 bits per heavy atom. The first-order valence-electron chi connectivity index (χ1n) is 10.8. The van der Waals surface area contributed by atoms with Crippen molar-refractivity contribution in [1.29, 1.82) is 0 Å². The summed E-state index contributed by atoms with van der Waals surface area (Å²) < 4.78 is 45.8. The van der Waals surface area contributed by atoms with Gasteiger partial charge in [-0.05, 0) is 36.8 Å². The van der Waals surface area contributed by atoms with E-state index in [9.17, 15) is 27.9 Å². The van der Waals surface area contributed by atoms with Crippen molar-refractivity contribution in [2.75, 3.05) is 13.2 Å². The minimum atomic E-state index is -4.54. The molecule has 9 heteroatoms. The third-order valence-corrected chi connectivity index (χ3v) is 5.35. The number of rotatable bonds is 7. The normalized spacial score (nSPS) is 11.4. The molecule has 0 unspecified atom stereocenters. The Morgan fingerprint density at radius 1 is 0.943 bits per heavy atom. The summed E-state index contributed by atoms with van der Waals surface area (Å²) >= 11 is 0. The number of nitrogens with zero attached hydrogens (tertiary/aromatic N) is 1. The minimum Gasteiger partial charge on any atom is -0.502 e. The van der Waals surface area contributed by atoms with Gasteiger partial charge < -0.3 is 15.2 Å². The van der Waals surface area contributed by atoms with E-state index in [4.69, 9.17) is 4.74 Å². The number of carbonyl (C=O) groups excluding carboxylic acids is 1. The molecule has 0 aliphatic rings. The van der Waals surface area contributed by atoms with Crippen molar-refractivity contribution in [3.05, 3.63) is 100 Å².